The van der Waals surface area contributed by atoms with Gasteiger partial charge >= 0.3 is 6.03 Å². The summed E-state index contributed by atoms with van der Waals surface area (Å²) in [4.78, 5) is 28.9. The average molecular weight is 344 g/mol. The number of anilines is 2. The summed E-state index contributed by atoms with van der Waals surface area (Å²) in [5.74, 6) is 1.61. The molecular weight excluding hydrogens is 328 g/mol. The van der Waals surface area contributed by atoms with Crippen LogP contribution in [-0.2, 0) is 0 Å². The van der Waals surface area contributed by atoms with E-state index in [1.54, 1.807) is 28.0 Å². The van der Waals surface area contributed by atoms with Crippen molar-refractivity contribution in [3.8, 4) is 0 Å². The summed E-state index contributed by atoms with van der Waals surface area (Å²) in [5.41, 5.74) is 0.731. The topological polar surface area (TPSA) is 91.5 Å². The molecule has 0 saturated carbocycles. The first-order valence-electron chi connectivity index (χ1n) is 7.58. The molecule has 0 radical (unpaired) electrons. The van der Waals surface area contributed by atoms with E-state index < -0.39 is 0 Å². The number of nitrogens with one attached hydrogen (secondary N) is 1. The van der Waals surface area contributed by atoms with Crippen LogP contribution in [0.2, 0.25) is 0 Å². The number of nitrogens with zero attached hydrogens (tertiary/aromatic N) is 7. The number of thiazole rings is 1. The monoisotopic (exact) mass is 344 g/mol. The van der Waals surface area contributed by atoms with Gasteiger partial charge in [0.2, 0.25) is 0 Å². The van der Waals surface area contributed by atoms with Crippen LogP contribution in [0.5, 0.6) is 0 Å². The summed E-state index contributed by atoms with van der Waals surface area (Å²) in [6, 6.07) is -0.113. The van der Waals surface area contributed by atoms with E-state index in [0.29, 0.717) is 37.1 Å². The fourth-order valence-electron chi connectivity index (χ4n) is 2.72. The predicted molar refractivity (Wildman–Crippen MR) is 90.4 cm³/mol. The summed E-state index contributed by atoms with van der Waals surface area (Å²) in [6.45, 7) is 4.54. The molecule has 0 atom stereocenters. The van der Waals surface area contributed by atoms with E-state index in [4.69, 9.17) is 0 Å². The van der Waals surface area contributed by atoms with Gasteiger partial charge in [-0.2, -0.15) is 4.52 Å². The second-order valence-corrected chi connectivity index (χ2v) is 6.33. The molecule has 124 valence electrons. The van der Waals surface area contributed by atoms with Crippen LogP contribution in [0.15, 0.2) is 24.0 Å². The Labute approximate surface area is 142 Å². The molecule has 1 fully saturated rings. The number of urea groups is 1. The third-order valence-electron chi connectivity index (χ3n) is 3.87. The number of hydrogen-bond donors (Lipinski definition) is 1. The molecule has 1 saturated heterocycles. The van der Waals surface area contributed by atoms with Crippen molar-refractivity contribution in [3.05, 3.63) is 29.8 Å². The van der Waals surface area contributed by atoms with Crippen LogP contribution >= 0.6 is 11.3 Å². The molecule has 1 aliphatic heterocycles. The summed E-state index contributed by atoms with van der Waals surface area (Å²) in [5, 5.41) is 9.69. The van der Waals surface area contributed by atoms with E-state index >= 15 is 0 Å². The molecule has 1 aliphatic rings. The number of fused-ring (bicyclic) bond motifs is 1. The van der Waals surface area contributed by atoms with E-state index in [1.165, 1.54) is 11.3 Å². The molecule has 1 N–H and O–H groups in total. The van der Waals surface area contributed by atoms with Crippen LogP contribution in [-0.4, -0.2) is 61.7 Å². The first-order chi connectivity index (χ1) is 11.7. The van der Waals surface area contributed by atoms with E-state index in [0.717, 1.165) is 11.5 Å². The van der Waals surface area contributed by atoms with Crippen molar-refractivity contribution in [2.24, 2.45) is 0 Å². The lowest BCUT2D eigenvalue weighted by Gasteiger charge is -2.35. The normalized spacial score (nSPS) is 15.0. The molecule has 3 aromatic rings. The van der Waals surface area contributed by atoms with Gasteiger partial charge in [0.25, 0.3) is 0 Å². The van der Waals surface area contributed by atoms with E-state index in [-0.39, 0.29) is 6.03 Å². The van der Waals surface area contributed by atoms with Crippen LogP contribution in [0.1, 0.15) is 5.82 Å². The summed E-state index contributed by atoms with van der Waals surface area (Å²) < 4.78 is 1.80. The quantitative estimate of drug-likeness (QED) is 0.752. The smallest absolute Gasteiger partial charge is 0.323 e. The zero-order valence-electron chi connectivity index (χ0n) is 13.1. The summed E-state index contributed by atoms with van der Waals surface area (Å²) >= 11 is 1.41. The number of piperazine rings is 1. The Morgan fingerprint density at radius 3 is 2.83 bits per heavy atom. The van der Waals surface area contributed by atoms with Crippen LogP contribution in [0, 0.1) is 6.92 Å². The van der Waals surface area contributed by atoms with Gasteiger partial charge in [-0.1, -0.05) is 0 Å². The van der Waals surface area contributed by atoms with Crippen LogP contribution in [0.3, 0.4) is 0 Å². The molecular formula is C14H16N8OS. The maximum absolute atomic E-state index is 12.2. The van der Waals surface area contributed by atoms with Gasteiger partial charge in [-0.25, -0.2) is 14.8 Å². The third-order valence-corrected chi connectivity index (χ3v) is 4.56. The van der Waals surface area contributed by atoms with Gasteiger partial charge in [0.05, 0.1) is 12.4 Å². The lowest BCUT2D eigenvalue weighted by molar-refractivity contribution is 0.208. The Morgan fingerprint density at radius 1 is 1.25 bits per heavy atom. The fourth-order valence-corrected chi connectivity index (χ4v) is 3.24. The highest BCUT2D eigenvalue weighted by molar-refractivity contribution is 7.13. The molecule has 24 heavy (non-hydrogen) atoms. The molecule has 4 rings (SSSR count). The minimum atomic E-state index is -0.113. The van der Waals surface area contributed by atoms with Gasteiger partial charge in [0.1, 0.15) is 5.82 Å². The zero-order chi connectivity index (χ0) is 16.5. The summed E-state index contributed by atoms with van der Waals surface area (Å²) in [6.07, 6.45) is 5.15. The molecule has 0 bridgehead atoms. The standard InChI is InChI=1S/C14H16N8OS/c1-10-17-11-8-15-9-12(22(11)19-10)20-3-5-21(6-4-20)14(23)18-13-16-2-7-24-13/h2,7-9H,3-6H2,1H3,(H,16,18,23). The van der Waals surface area contributed by atoms with E-state index in [2.05, 4.69) is 30.3 Å². The molecule has 4 heterocycles. The van der Waals surface area contributed by atoms with Crippen LogP contribution < -0.4 is 10.2 Å². The maximum Gasteiger partial charge on any atom is 0.323 e. The van der Waals surface area contributed by atoms with Crippen LogP contribution in [0.25, 0.3) is 5.65 Å². The number of aryl methyl sites for hydroxylation is 1. The third kappa shape index (κ3) is 2.75. The number of rotatable bonds is 2. The van der Waals surface area contributed by atoms with Crippen molar-refractivity contribution >= 4 is 34.0 Å². The first kappa shape index (κ1) is 14.8. The number of carbonyl (C=O) groups is 1. The van der Waals surface area contributed by atoms with Gasteiger partial charge in [0, 0.05) is 37.8 Å². The van der Waals surface area contributed by atoms with Crippen molar-refractivity contribution in [1.82, 2.24) is 29.5 Å². The Morgan fingerprint density at radius 2 is 2.08 bits per heavy atom. The Hall–Kier alpha value is -2.75. The number of aromatic nitrogens is 5. The van der Waals surface area contributed by atoms with Gasteiger partial charge in [-0.15, -0.1) is 16.4 Å². The first-order valence-corrected chi connectivity index (χ1v) is 8.46. The van der Waals surface area contributed by atoms with E-state index in [1.807, 2.05) is 12.3 Å². The number of carbonyl (C=O) groups excluding carboxylic acids is 1. The maximum atomic E-state index is 12.2. The van der Waals surface area contributed by atoms with Crippen molar-refractivity contribution in [2.45, 2.75) is 6.92 Å². The minimum Gasteiger partial charge on any atom is -0.352 e. The molecule has 10 heteroatoms. The fraction of sp³-hybridized carbons (Fsp3) is 0.357. The van der Waals surface area contributed by atoms with Crippen molar-refractivity contribution in [2.75, 3.05) is 36.4 Å². The largest absolute Gasteiger partial charge is 0.352 e. The van der Waals surface area contributed by atoms with Gasteiger partial charge in [-0.3, -0.25) is 10.3 Å². The molecule has 0 spiro atoms. The molecule has 0 unspecified atom stereocenters. The van der Waals surface area contributed by atoms with Crippen LogP contribution in [0.4, 0.5) is 15.7 Å². The second-order valence-electron chi connectivity index (χ2n) is 5.44. The van der Waals surface area contributed by atoms with Crippen molar-refractivity contribution < 1.29 is 4.79 Å². The second kappa shape index (κ2) is 6.04. The lowest BCUT2D eigenvalue weighted by atomic mass is 10.3. The Kier molecular flexibility index (Phi) is 3.73. The molecule has 0 aromatic carbocycles. The van der Waals surface area contributed by atoms with Crippen molar-refractivity contribution in [3.63, 3.8) is 0 Å². The highest BCUT2D eigenvalue weighted by Crippen LogP contribution is 2.17. The molecule has 0 aliphatic carbocycles. The highest BCUT2D eigenvalue weighted by Gasteiger charge is 2.23. The molecule has 9 nitrogen and oxygen atoms in total. The Bertz CT molecular complexity index is 853. The lowest BCUT2D eigenvalue weighted by Crippen LogP contribution is -2.50. The van der Waals surface area contributed by atoms with Gasteiger partial charge in [-0.05, 0) is 6.92 Å². The SMILES string of the molecule is Cc1nc2cncc(N3CCN(C(=O)Nc4nccs4)CC3)n2n1. The highest BCUT2D eigenvalue weighted by atomic mass is 32.1. The van der Waals surface area contributed by atoms with Gasteiger partial charge < -0.3 is 9.80 Å². The van der Waals surface area contributed by atoms with E-state index in [9.17, 15) is 4.79 Å². The average Bonchev–Trinajstić information content (AvgIpc) is 3.23. The minimum absolute atomic E-state index is 0.113. The predicted octanol–water partition coefficient (Wildman–Crippen LogP) is 1.24. The molecule has 2 amide bonds. The molecule has 3 aromatic heterocycles. The summed E-state index contributed by atoms with van der Waals surface area (Å²) in [7, 11) is 0. The Balaban J connectivity index is 1.44. The van der Waals surface area contributed by atoms with Gasteiger partial charge in [0.15, 0.2) is 16.6 Å². The number of hydrogen-bond acceptors (Lipinski definition) is 7. The van der Waals surface area contributed by atoms with Crippen molar-refractivity contribution in [1.29, 1.82) is 0 Å². The number of amides is 2. The zero-order valence-corrected chi connectivity index (χ0v) is 13.9.